The van der Waals surface area contributed by atoms with E-state index in [9.17, 15) is 5.11 Å². The number of hydrogen-bond acceptors (Lipinski definition) is 3. The van der Waals surface area contributed by atoms with Crippen LogP contribution in [0.15, 0.2) is 47.5 Å². The molecule has 2 aromatic rings. The van der Waals surface area contributed by atoms with Gasteiger partial charge in [0, 0.05) is 23.2 Å². The molecule has 1 unspecified atom stereocenters. The molecule has 0 amide bonds. The Bertz CT molecular complexity index is 527. The Kier molecular flexibility index (Phi) is 4.39. The SMILES string of the molecule is CSc1ccccc1C(O)Cc1ncccc1C. The second-order valence-electron chi connectivity index (χ2n) is 4.23. The van der Waals surface area contributed by atoms with Crippen LogP contribution in [0, 0.1) is 6.92 Å². The summed E-state index contributed by atoms with van der Waals surface area (Å²) in [6.45, 7) is 2.02. The summed E-state index contributed by atoms with van der Waals surface area (Å²) in [6, 6.07) is 11.9. The molecule has 94 valence electrons. The Balaban J connectivity index is 2.22. The van der Waals surface area contributed by atoms with Crippen molar-refractivity contribution in [1.29, 1.82) is 0 Å². The molecule has 2 nitrogen and oxygen atoms in total. The fourth-order valence-electron chi connectivity index (χ4n) is 1.97. The van der Waals surface area contributed by atoms with Gasteiger partial charge in [-0.25, -0.2) is 0 Å². The van der Waals surface area contributed by atoms with E-state index in [1.807, 2.05) is 49.6 Å². The first-order valence-electron chi connectivity index (χ1n) is 5.94. The Morgan fingerprint density at radius 3 is 2.72 bits per heavy atom. The van der Waals surface area contributed by atoms with E-state index < -0.39 is 6.10 Å². The number of aliphatic hydroxyl groups is 1. The highest BCUT2D eigenvalue weighted by Gasteiger charge is 2.13. The first-order chi connectivity index (χ1) is 8.72. The minimum Gasteiger partial charge on any atom is -0.388 e. The fourth-order valence-corrected chi connectivity index (χ4v) is 2.62. The van der Waals surface area contributed by atoms with Gasteiger partial charge in [0.05, 0.1) is 6.10 Å². The summed E-state index contributed by atoms with van der Waals surface area (Å²) in [5.74, 6) is 0. The standard InChI is InChI=1S/C15H17NOS/c1-11-6-5-9-16-13(11)10-14(17)12-7-3-4-8-15(12)18-2/h3-9,14,17H,10H2,1-2H3. The van der Waals surface area contributed by atoms with Gasteiger partial charge >= 0.3 is 0 Å². The zero-order chi connectivity index (χ0) is 13.0. The predicted octanol–water partition coefficient (Wildman–Crippen LogP) is 3.39. The van der Waals surface area contributed by atoms with E-state index in [1.54, 1.807) is 18.0 Å². The average molecular weight is 259 g/mol. The van der Waals surface area contributed by atoms with Gasteiger partial charge in [0.2, 0.25) is 0 Å². The summed E-state index contributed by atoms with van der Waals surface area (Å²) in [5, 5.41) is 10.4. The maximum Gasteiger partial charge on any atom is 0.0856 e. The van der Waals surface area contributed by atoms with E-state index in [4.69, 9.17) is 0 Å². The van der Waals surface area contributed by atoms with Gasteiger partial charge < -0.3 is 5.11 Å². The quantitative estimate of drug-likeness (QED) is 0.854. The van der Waals surface area contributed by atoms with E-state index >= 15 is 0 Å². The molecular formula is C15H17NOS. The lowest BCUT2D eigenvalue weighted by Gasteiger charge is -2.15. The van der Waals surface area contributed by atoms with Crippen LogP contribution in [0.25, 0.3) is 0 Å². The molecule has 0 aliphatic rings. The van der Waals surface area contributed by atoms with Gasteiger partial charge in [0.15, 0.2) is 0 Å². The molecule has 0 saturated heterocycles. The van der Waals surface area contributed by atoms with Crippen LogP contribution in [-0.2, 0) is 6.42 Å². The van der Waals surface area contributed by atoms with Gasteiger partial charge in [-0.1, -0.05) is 24.3 Å². The summed E-state index contributed by atoms with van der Waals surface area (Å²) in [6.07, 6.45) is 3.86. The van der Waals surface area contributed by atoms with E-state index in [1.165, 1.54) is 0 Å². The van der Waals surface area contributed by atoms with Crippen molar-refractivity contribution in [3.63, 3.8) is 0 Å². The minimum atomic E-state index is -0.498. The molecule has 0 saturated carbocycles. The second kappa shape index (κ2) is 6.03. The van der Waals surface area contributed by atoms with Crippen molar-refractivity contribution in [3.05, 3.63) is 59.4 Å². The number of aliphatic hydroxyl groups excluding tert-OH is 1. The third kappa shape index (κ3) is 2.92. The van der Waals surface area contributed by atoms with Crippen LogP contribution in [0.5, 0.6) is 0 Å². The smallest absolute Gasteiger partial charge is 0.0856 e. The molecule has 0 aliphatic heterocycles. The third-order valence-electron chi connectivity index (χ3n) is 3.00. The first-order valence-corrected chi connectivity index (χ1v) is 7.16. The molecule has 18 heavy (non-hydrogen) atoms. The van der Waals surface area contributed by atoms with Crippen LogP contribution in [0.2, 0.25) is 0 Å². The van der Waals surface area contributed by atoms with Crippen molar-refractivity contribution < 1.29 is 5.11 Å². The molecule has 3 heteroatoms. The van der Waals surface area contributed by atoms with E-state index in [2.05, 4.69) is 4.98 Å². The average Bonchev–Trinajstić information content (AvgIpc) is 2.41. The van der Waals surface area contributed by atoms with Crippen molar-refractivity contribution in [2.75, 3.05) is 6.26 Å². The van der Waals surface area contributed by atoms with Crippen molar-refractivity contribution in [2.24, 2.45) is 0 Å². The Hall–Kier alpha value is -1.32. The van der Waals surface area contributed by atoms with E-state index in [0.717, 1.165) is 21.7 Å². The second-order valence-corrected chi connectivity index (χ2v) is 5.08. The summed E-state index contributed by atoms with van der Waals surface area (Å²) in [5.41, 5.74) is 3.06. The highest BCUT2D eigenvalue weighted by Crippen LogP contribution is 2.27. The Morgan fingerprint density at radius 1 is 1.22 bits per heavy atom. The predicted molar refractivity (Wildman–Crippen MR) is 75.9 cm³/mol. The van der Waals surface area contributed by atoms with Crippen molar-refractivity contribution >= 4 is 11.8 Å². The zero-order valence-corrected chi connectivity index (χ0v) is 11.4. The van der Waals surface area contributed by atoms with Gasteiger partial charge in [0.1, 0.15) is 0 Å². The summed E-state index contributed by atoms with van der Waals surface area (Å²) >= 11 is 1.66. The largest absolute Gasteiger partial charge is 0.388 e. The Labute approximate surface area is 112 Å². The van der Waals surface area contributed by atoms with Crippen LogP contribution in [0.4, 0.5) is 0 Å². The number of hydrogen-bond donors (Lipinski definition) is 1. The van der Waals surface area contributed by atoms with Gasteiger partial charge in [-0.2, -0.15) is 0 Å². The minimum absolute atomic E-state index is 0.498. The van der Waals surface area contributed by atoms with E-state index in [0.29, 0.717) is 6.42 Å². The van der Waals surface area contributed by atoms with Gasteiger partial charge in [0.25, 0.3) is 0 Å². The molecule has 1 N–H and O–H groups in total. The molecule has 0 aliphatic carbocycles. The lowest BCUT2D eigenvalue weighted by atomic mass is 10.0. The molecule has 1 aromatic carbocycles. The highest BCUT2D eigenvalue weighted by atomic mass is 32.2. The molecule has 1 aromatic heterocycles. The number of nitrogens with zero attached hydrogens (tertiary/aromatic N) is 1. The molecule has 2 rings (SSSR count). The van der Waals surface area contributed by atoms with E-state index in [-0.39, 0.29) is 0 Å². The van der Waals surface area contributed by atoms with Gasteiger partial charge in [-0.15, -0.1) is 11.8 Å². The molecular weight excluding hydrogens is 242 g/mol. The number of thioether (sulfide) groups is 1. The molecule has 0 bridgehead atoms. The summed E-state index contributed by atoms with van der Waals surface area (Å²) < 4.78 is 0. The van der Waals surface area contributed by atoms with Crippen molar-refractivity contribution in [3.8, 4) is 0 Å². The summed E-state index contributed by atoms with van der Waals surface area (Å²) in [4.78, 5) is 5.46. The van der Waals surface area contributed by atoms with Crippen molar-refractivity contribution in [1.82, 2.24) is 4.98 Å². The normalized spacial score (nSPS) is 12.4. The number of rotatable bonds is 4. The fraction of sp³-hybridized carbons (Fsp3) is 0.267. The number of benzene rings is 1. The molecule has 0 fully saturated rings. The van der Waals surface area contributed by atoms with Gasteiger partial charge in [-0.05, 0) is 36.4 Å². The number of aromatic nitrogens is 1. The lowest BCUT2D eigenvalue weighted by Crippen LogP contribution is -2.06. The third-order valence-corrected chi connectivity index (χ3v) is 3.81. The number of aryl methyl sites for hydroxylation is 1. The zero-order valence-electron chi connectivity index (χ0n) is 10.6. The molecule has 1 atom stereocenters. The lowest BCUT2D eigenvalue weighted by molar-refractivity contribution is 0.174. The molecule has 0 radical (unpaired) electrons. The van der Waals surface area contributed by atoms with Gasteiger partial charge in [-0.3, -0.25) is 4.98 Å². The van der Waals surface area contributed by atoms with Crippen molar-refractivity contribution in [2.45, 2.75) is 24.3 Å². The number of pyridine rings is 1. The van der Waals surface area contributed by atoms with Crippen LogP contribution < -0.4 is 0 Å². The molecule has 0 spiro atoms. The monoisotopic (exact) mass is 259 g/mol. The first kappa shape index (κ1) is 13.1. The summed E-state index contributed by atoms with van der Waals surface area (Å²) in [7, 11) is 0. The Morgan fingerprint density at radius 2 is 2.00 bits per heavy atom. The maximum absolute atomic E-state index is 10.4. The van der Waals surface area contributed by atoms with Crippen LogP contribution in [0.3, 0.4) is 0 Å². The van der Waals surface area contributed by atoms with Crippen LogP contribution >= 0.6 is 11.8 Å². The highest BCUT2D eigenvalue weighted by molar-refractivity contribution is 7.98. The van der Waals surface area contributed by atoms with Crippen LogP contribution in [-0.4, -0.2) is 16.3 Å². The maximum atomic E-state index is 10.4. The topological polar surface area (TPSA) is 33.1 Å². The molecule has 1 heterocycles. The van der Waals surface area contributed by atoms with Crippen LogP contribution in [0.1, 0.15) is 22.9 Å².